The molecule has 0 heterocycles. The monoisotopic (exact) mass is 330 g/mol. The van der Waals surface area contributed by atoms with E-state index in [1.165, 1.54) is 7.11 Å². The molecule has 1 aromatic carbocycles. The minimum atomic E-state index is -0.696. The molecule has 1 aromatic rings. The number of rotatable bonds is 6. The van der Waals surface area contributed by atoms with Crippen molar-refractivity contribution in [1.82, 2.24) is 0 Å². The average Bonchev–Trinajstić information content (AvgIpc) is 2.27. The summed E-state index contributed by atoms with van der Waals surface area (Å²) in [4.78, 5) is 11.8. The second kappa shape index (κ2) is 7.47. The molecule has 6 heteroatoms. The molecule has 19 heavy (non-hydrogen) atoms. The van der Waals surface area contributed by atoms with Crippen LogP contribution in [0.4, 0.5) is 5.69 Å². The Kier molecular flexibility index (Phi) is 6.27. The summed E-state index contributed by atoms with van der Waals surface area (Å²) in [5.74, 6) is 0.385. The van der Waals surface area contributed by atoms with Gasteiger partial charge in [0.15, 0.2) is 0 Å². The largest absolute Gasteiger partial charge is 0.491 e. The SMILES string of the molecule is COCC(N)C(=O)Nc1cc(Br)cc(OC(C)C)c1. The number of hydrogen-bond donors (Lipinski definition) is 2. The molecule has 5 nitrogen and oxygen atoms in total. The van der Waals surface area contributed by atoms with Crippen LogP contribution in [0.1, 0.15) is 13.8 Å². The summed E-state index contributed by atoms with van der Waals surface area (Å²) in [5, 5.41) is 2.73. The Morgan fingerprint density at radius 2 is 2.11 bits per heavy atom. The molecule has 106 valence electrons. The second-order valence-electron chi connectivity index (χ2n) is 4.39. The maximum atomic E-state index is 11.8. The van der Waals surface area contributed by atoms with Gasteiger partial charge in [0, 0.05) is 23.3 Å². The molecule has 1 rings (SSSR count). The summed E-state index contributed by atoms with van der Waals surface area (Å²) in [6, 6.07) is 4.68. The fourth-order valence-electron chi connectivity index (χ4n) is 1.47. The maximum absolute atomic E-state index is 11.8. The van der Waals surface area contributed by atoms with Crippen molar-refractivity contribution in [3.05, 3.63) is 22.7 Å². The lowest BCUT2D eigenvalue weighted by atomic mass is 10.2. The van der Waals surface area contributed by atoms with Gasteiger partial charge in [0.2, 0.25) is 5.91 Å². The van der Waals surface area contributed by atoms with Crippen LogP contribution in [0.5, 0.6) is 5.75 Å². The van der Waals surface area contributed by atoms with E-state index in [1.54, 1.807) is 12.1 Å². The fourth-order valence-corrected chi connectivity index (χ4v) is 1.94. The van der Waals surface area contributed by atoms with Crippen molar-refractivity contribution in [3.8, 4) is 5.75 Å². The molecule has 0 aliphatic rings. The summed E-state index contributed by atoms with van der Waals surface area (Å²) in [7, 11) is 1.50. The highest BCUT2D eigenvalue weighted by Gasteiger charge is 2.14. The summed E-state index contributed by atoms with van der Waals surface area (Å²) >= 11 is 3.37. The molecule has 0 saturated carbocycles. The van der Waals surface area contributed by atoms with Crippen LogP contribution >= 0.6 is 15.9 Å². The zero-order valence-electron chi connectivity index (χ0n) is 11.3. The number of benzene rings is 1. The Balaban J connectivity index is 2.77. The van der Waals surface area contributed by atoms with Gasteiger partial charge in [0.1, 0.15) is 11.8 Å². The van der Waals surface area contributed by atoms with Crippen LogP contribution in [0.25, 0.3) is 0 Å². The van der Waals surface area contributed by atoms with Gasteiger partial charge in [-0.2, -0.15) is 0 Å². The van der Waals surface area contributed by atoms with E-state index < -0.39 is 6.04 Å². The van der Waals surface area contributed by atoms with Crippen molar-refractivity contribution < 1.29 is 14.3 Å². The van der Waals surface area contributed by atoms with E-state index in [1.807, 2.05) is 19.9 Å². The number of methoxy groups -OCH3 is 1. The first-order chi connectivity index (χ1) is 8.92. The molecule has 0 saturated heterocycles. The summed E-state index contributed by atoms with van der Waals surface area (Å²) < 4.78 is 11.3. The number of carbonyl (C=O) groups is 1. The van der Waals surface area contributed by atoms with Gasteiger partial charge in [0.25, 0.3) is 0 Å². The maximum Gasteiger partial charge on any atom is 0.243 e. The first-order valence-corrected chi connectivity index (χ1v) is 6.74. The number of anilines is 1. The van der Waals surface area contributed by atoms with Gasteiger partial charge in [-0.05, 0) is 26.0 Å². The molecule has 1 atom stereocenters. The van der Waals surface area contributed by atoms with E-state index in [-0.39, 0.29) is 18.6 Å². The van der Waals surface area contributed by atoms with Gasteiger partial charge in [-0.15, -0.1) is 0 Å². The molecule has 0 aliphatic carbocycles. The van der Waals surface area contributed by atoms with Gasteiger partial charge in [-0.3, -0.25) is 4.79 Å². The third-order valence-electron chi connectivity index (χ3n) is 2.19. The molecule has 3 N–H and O–H groups in total. The Hall–Kier alpha value is -1.11. The minimum Gasteiger partial charge on any atom is -0.491 e. The lowest BCUT2D eigenvalue weighted by molar-refractivity contribution is -0.118. The van der Waals surface area contributed by atoms with Gasteiger partial charge in [-0.25, -0.2) is 0 Å². The van der Waals surface area contributed by atoms with Crippen molar-refractivity contribution in [2.24, 2.45) is 5.73 Å². The summed E-state index contributed by atoms with van der Waals surface area (Å²) in [6.45, 7) is 4.05. The van der Waals surface area contributed by atoms with Crippen molar-refractivity contribution >= 4 is 27.5 Å². The average molecular weight is 331 g/mol. The van der Waals surface area contributed by atoms with Crippen LogP contribution in [0, 0.1) is 0 Å². The zero-order valence-corrected chi connectivity index (χ0v) is 12.9. The Bertz CT molecular complexity index is 438. The topological polar surface area (TPSA) is 73.6 Å². The van der Waals surface area contributed by atoms with E-state index in [0.29, 0.717) is 11.4 Å². The Labute approximate surface area is 121 Å². The van der Waals surface area contributed by atoms with E-state index in [2.05, 4.69) is 21.2 Å². The number of amides is 1. The number of carbonyl (C=O) groups excluding carboxylic acids is 1. The summed E-state index contributed by atoms with van der Waals surface area (Å²) in [5.41, 5.74) is 6.28. The van der Waals surface area contributed by atoms with E-state index >= 15 is 0 Å². The lowest BCUT2D eigenvalue weighted by Crippen LogP contribution is -2.39. The number of ether oxygens (including phenoxy) is 2. The van der Waals surface area contributed by atoms with Gasteiger partial charge < -0.3 is 20.5 Å². The molecule has 0 aliphatic heterocycles. The number of nitrogens with one attached hydrogen (secondary N) is 1. The molecule has 0 aromatic heterocycles. The zero-order chi connectivity index (χ0) is 14.4. The van der Waals surface area contributed by atoms with E-state index in [9.17, 15) is 4.79 Å². The first kappa shape index (κ1) is 15.9. The normalized spacial score (nSPS) is 12.3. The molecule has 1 unspecified atom stereocenters. The highest BCUT2D eigenvalue weighted by molar-refractivity contribution is 9.10. The molecule has 0 bridgehead atoms. The van der Waals surface area contributed by atoms with Gasteiger partial charge >= 0.3 is 0 Å². The number of halogens is 1. The summed E-state index contributed by atoms with van der Waals surface area (Å²) in [6.07, 6.45) is 0.0635. The molecule has 0 radical (unpaired) electrons. The highest BCUT2D eigenvalue weighted by atomic mass is 79.9. The highest BCUT2D eigenvalue weighted by Crippen LogP contribution is 2.25. The number of hydrogen-bond acceptors (Lipinski definition) is 4. The van der Waals surface area contributed by atoms with Crippen molar-refractivity contribution in [2.75, 3.05) is 19.0 Å². The van der Waals surface area contributed by atoms with Crippen molar-refractivity contribution in [1.29, 1.82) is 0 Å². The predicted molar refractivity (Wildman–Crippen MR) is 78.4 cm³/mol. The third kappa shape index (κ3) is 5.59. The Morgan fingerprint density at radius 1 is 1.42 bits per heavy atom. The van der Waals surface area contributed by atoms with Crippen LogP contribution in [0.2, 0.25) is 0 Å². The van der Waals surface area contributed by atoms with Crippen molar-refractivity contribution in [3.63, 3.8) is 0 Å². The van der Waals surface area contributed by atoms with Crippen LogP contribution in [-0.4, -0.2) is 31.8 Å². The first-order valence-electron chi connectivity index (χ1n) is 5.95. The van der Waals surface area contributed by atoms with Gasteiger partial charge in [-0.1, -0.05) is 15.9 Å². The quantitative estimate of drug-likeness (QED) is 0.838. The smallest absolute Gasteiger partial charge is 0.243 e. The van der Waals surface area contributed by atoms with Crippen LogP contribution in [-0.2, 0) is 9.53 Å². The van der Waals surface area contributed by atoms with Gasteiger partial charge in [0.05, 0.1) is 12.7 Å². The predicted octanol–water partition coefficient (Wildman–Crippen LogP) is 2.15. The standard InChI is InChI=1S/C13H19BrN2O3/c1-8(2)19-11-5-9(14)4-10(6-11)16-13(17)12(15)7-18-3/h4-6,8,12H,7,15H2,1-3H3,(H,16,17). The van der Waals surface area contributed by atoms with E-state index in [0.717, 1.165) is 4.47 Å². The minimum absolute atomic E-state index is 0.0635. The molecule has 0 spiro atoms. The van der Waals surface area contributed by atoms with Crippen LogP contribution in [0.3, 0.4) is 0 Å². The number of nitrogens with two attached hydrogens (primary N) is 1. The van der Waals surface area contributed by atoms with Crippen LogP contribution < -0.4 is 15.8 Å². The Morgan fingerprint density at radius 3 is 2.68 bits per heavy atom. The van der Waals surface area contributed by atoms with Crippen molar-refractivity contribution in [2.45, 2.75) is 26.0 Å². The molecular formula is C13H19BrN2O3. The lowest BCUT2D eigenvalue weighted by Gasteiger charge is -2.14. The second-order valence-corrected chi connectivity index (χ2v) is 5.31. The molecule has 1 amide bonds. The third-order valence-corrected chi connectivity index (χ3v) is 2.65. The van der Waals surface area contributed by atoms with Crippen LogP contribution in [0.15, 0.2) is 22.7 Å². The molecule has 0 fully saturated rings. The fraction of sp³-hybridized carbons (Fsp3) is 0.462. The molecular weight excluding hydrogens is 312 g/mol. The van der Waals surface area contributed by atoms with E-state index in [4.69, 9.17) is 15.2 Å².